The van der Waals surface area contributed by atoms with E-state index in [0.717, 1.165) is 5.56 Å². The number of benzene rings is 2. The molecule has 0 aliphatic rings. The van der Waals surface area contributed by atoms with E-state index in [4.69, 9.17) is 10.00 Å². The van der Waals surface area contributed by atoms with Crippen molar-refractivity contribution in [3.8, 4) is 22.9 Å². The Morgan fingerprint density at radius 3 is 2.78 bits per heavy atom. The van der Waals surface area contributed by atoms with Gasteiger partial charge in [0.2, 0.25) is 0 Å². The molecule has 0 atom stereocenters. The Bertz CT molecular complexity index is 602. The lowest BCUT2D eigenvalue weighted by atomic mass is 10.00. The Kier molecular flexibility index (Phi) is 3.59. The van der Waals surface area contributed by atoms with Gasteiger partial charge >= 0.3 is 0 Å². The third kappa shape index (κ3) is 2.49. The first-order valence-electron chi connectivity index (χ1n) is 5.67. The zero-order chi connectivity index (χ0) is 13.0. The molecule has 2 aromatic carbocycles. The van der Waals surface area contributed by atoms with E-state index in [2.05, 4.69) is 6.07 Å². The van der Waals surface area contributed by atoms with Crippen LogP contribution < -0.4 is 4.74 Å². The third-order valence-corrected chi connectivity index (χ3v) is 2.56. The van der Waals surface area contributed by atoms with Crippen molar-refractivity contribution in [3.05, 3.63) is 53.8 Å². The summed E-state index contributed by atoms with van der Waals surface area (Å²) in [6.45, 7) is 2.47. The molecule has 18 heavy (non-hydrogen) atoms. The molecule has 0 heterocycles. The first-order chi connectivity index (χ1) is 8.74. The largest absolute Gasteiger partial charge is 0.494 e. The van der Waals surface area contributed by atoms with E-state index < -0.39 is 0 Å². The summed E-state index contributed by atoms with van der Waals surface area (Å²) in [7, 11) is 0. The molecule has 0 aliphatic heterocycles. The second-order valence-corrected chi connectivity index (χ2v) is 3.76. The highest BCUT2D eigenvalue weighted by molar-refractivity contribution is 5.71. The van der Waals surface area contributed by atoms with E-state index in [1.54, 1.807) is 6.07 Å². The predicted octanol–water partition coefficient (Wildman–Crippen LogP) is 3.76. The van der Waals surface area contributed by atoms with Gasteiger partial charge in [-0.3, -0.25) is 0 Å². The van der Waals surface area contributed by atoms with Gasteiger partial charge in [-0.05, 0) is 42.8 Å². The Morgan fingerprint density at radius 1 is 1.22 bits per heavy atom. The summed E-state index contributed by atoms with van der Waals surface area (Å²) in [6.07, 6.45) is 0. The van der Waals surface area contributed by atoms with Crippen molar-refractivity contribution >= 4 is 0 Å². The molecule has 0 saturated heterocycles. The van der Waals surface area contributed by atoms with Crippen LogP contribution in [0, 0.1) is 17.1 Å². The minimum atomic E-state index is -0.356. The van der Waals surface area contributed by atoms with E-state index in [1.165, 1.54) is 18.2 Å². The highest BCUT2D eigenvalue weighted by atomic mass is 19.1. The van der Waals surface area contributed by atoms with Gasteiger partial charge in [0.05, 0.1) is 18.2 Å². The Hall–Kier alpha value is -2.34. The van der Waals surface area contributed by atoms with Crippen LogP contribution in [0.4, 0.5) is 4.39 Å². The van der Waals surface area contributed by atoms with Crippen molar-refractivity contribution in [1.29, 1.82) is 5.26 Å². The normalized spacial score (nSPS) is 9.83. The zero-order valence-electron chi connectivity index (χ0n) is 9.98. The molecule has 2 rings (SSSR count). The lowest BCUT2D eigenvalue weighted by Crippen LogP contribution is -1.92. The number of hydrogen-bond donors (Lipinski definition) is 0. The van der Waals surface area contributed by atoms with Crippen LogP contribution in [0.25, 0.3) is 11.1 Å². The van der Waals surface area contributed by atoms with Crippen molar-refractivity contribution in [3.63, 3.8) is 0 Å². The minimum Gasteiger partial charge on any atom is -0.494 e. The van der Waals surface area contributed by atoms with Crippen LogP contribution in [-0.4, -0.2) is 6.61 Å². The first kappa shape index (κ1) is 12.1. The minimum absolute atomic E-state index is 0.356. The summed E-state index contributed by atoms with van der Waals surface area (Å²) in [5, 5.41) is 9.04. The van der Waals surface area contributed by atoms with Gasteiger partial charge in [-0.2, -0.15) is 5.26 Å². The van der Waals surface area contributed by atoms with Gasteiger partial charge in [0.15, 0.2) is 0 Å². The van der Waals surface area contributed by atoms with Gasteiger partial charge in [-0.25, -0.2) is 4.39 Å². The molecule has 2 nitrogen and oxygen atoms in total. The fraction of sp³-hybridized carbons (Fsp3) is 0.133. The van der Waals surface area contributed by atoms with Gasteiger partial charge in [-0.15, -0.1) is 0 Å². The lowest BCUT2D eigenvalue weighted by Gasteiger charge is -2.07. The number of nitrogens with zero attached hydrogens (tertiary/aromatic N) is 1. The average Bonchev–Trinajstić information content (AvgIpc) is 2.39. The number of halogens is 1. The molecular formula is C15H12FNO. The summed E-state index contributed by atoms with van der Waals surface area (Å²) in [6, 6.07) is 13.5. The highest BCUT2D eigenvalue weighted by Gasteiger charge is 2.07. The highest BCUT2D eigenvalue weighted by Crippen LogP contribution is 2.27. The predicted molar refractivity (Wildman–Crippen MR) is 67.7 cm³/mol. The van der Waals surface area contributed by atoms with Crippen LogP contribution >= 0.6 is 0 Å². The summed E-state index contributed by atoms with van der Waals surface area (Å²) in [5.41, 5.74) is 1.81. The summed E-state index contributed by atoms with van der Waals surface area (Å²) in [5.74, 6) is 0.356. The molecule has 0 fully saturated rings. The van der Waals surface area contributed by atoms with Crippen LogP contribution in [0.5, 0.6) is 5.75 Å². The Balaban J connectivity index is 2.51. The van der Waals surface area contributed by atoms with Crippen LogP contribution in [0.1, 0.15) is 12.5 Å². The number of hydrogen-bond acceptors (Lipinski definition) is 2. The molecule has 0 aliphatic carbocycles. The number of nitriles is 1. The van der Waals surface area contributed by atoms with E-state index in [0.29, 0.717) is 23.5 Å². The van der Waals surface area contributed by atoms with Gasteiger partial charge in [0.1, 0.15) is 11.6 Å². The zero-order valence-corrected chi connectivity index (χ0v) is 9.98. The topological polar surface area (TPSA) is 33.0 Å². The fourth-order valence-corrected chi connectivity index (χ4v) is 1.77. The smallest absolute Gasteiger partial charge is 0.123 e. The molecule has 0 spiro atoms. The van der Waals surface area contributed by atoms with E-state index in [1.807, 2.05) is 25.1 Å². The van der Waals surface area contributed by atoms with Crippen LogP contribution in [0.15, 0.2) is 42.5 Å². The lowest BCUT2D eigenvalue weighted by molar-refractivity contribution is 0.340. The van der Waals surface area contributed by atoms with Crippen molar-refractivity contribution in [2.24, 2.45) is 0 Å². The SMILES string of the molecule is CCOc1cccc(-c2cc(F)ccc2C#N)c1. The maximum atomic E-state index is 13.3. The second-order valence-electron chi connectivity index (χ2n) is 3.76. The van der Waals surface area contributed by atoms with Gasteiger partial charge in [0.25, 0.3) is 0 Å². The maximum absolute atomic E-state index is 13.3. The molecule has 0 radical (unpaired) electrons. The monoisotopic (exact) mass is 241 g/mol. The summed E-state index contributed by atoms with van der Waals surface area (Å²) < 4.78 is 18.7. The number of ether oxygens (including phenoxy) is 1. The first-order valence-corrected chi connectivity index (χ1v) is 5.67. The van der Waals surface area contributed by atoms with Crippen LogP contribution in [-0.2, 0) is 0 Å². The second kappa shape index (κ2) is 5.33. The van der Waals surface area contributed by atoms with Crippen LogP contribution in [0.2, 0.25) is 0 Å². The standard InChI is InChI=1S/C15H12FNO/c1-2-18-14-5-3-4-11(8-14)15-9-13(16)7-6-12(15)10-17/h3-9H,2H2,1H3. The van der Waals surface area contributed by atoms with Crippen molar-refractivity contribution in [2.75, 3.05) is 6.61 Å². The molecule has 3 heteroatoms. The molecule has 0 amide bonds. The molecular weight excluding hydrogens is 229 g/mol. The van der Waals surface area contributed by atoms with Crippen molar-refractivity contribution in [2.45, 2.75) is 6.92 Å². The maximum Gasteiger partial charge on any atom is 0.123 e. The molecule has 0 unspecified atom stereocenters. The number of rotatable bonds is 3. The summed E-state index contributed by atoms with van der Waals surface area (Å²) >= 11 is 0. The molecule has 0 saturated carbocycles. The van der Waals surface area contributed by atoms with Crippen LogP contribution in [0.3, 0.4) is 0 Å². The van der Waals surface area contributed by atoms with E-state index >= 15 is 0 Å². The van der Waals surface area contributed by atoms with E-state index in [-0.39, 0.29) is 5.82 Å². The fourth-order valence-electron chi connectivity index (χ4n) is 1.77. The van der Waals surface area contributed by atoms with Crippen molar-refractivity contribution < 1.29 is 9.13 Å². The van der Waals surface area contributed by atoms with Gasteiger partial charge in [-0.1, -0.05) is 12.1 Å². The molecule has 90 valence electrons. The molecule has 0 N–H and O–H groups in total. The molecule has 0 bridgehead atoms. The Morgan fingerprint density at radius 2 is 2.06 bits per heavy atom. The van der Waals surface area contributed by atoms with Gasteiger partial charge < -0.3 is 4.74 Å². The van der Waals surface area contributed by atoms with Crippen molar-refractivity contribution in [1.82, 2.24) is 0 Å². The summed E-state index contributed by atoms with van der Waals surface area (Å²) in [4.78, 5) is 0. The molecule has 2 aromatic rings. The average molecular weight is 241 g/mol. The quantitative estimate of drug-likeness (QED) is 0.819. The molecule has 0 aromatic heterocycles. The third-order valence-electron chi connectivity index (χ3n) is 2.56. The van der Waals surface area contributed by atoms with Gasteiger partial charge in [0, 0.05) is 5.56 Å². The Labute approximate surface area is 105 Å². The van der Waals surface area contributed by atoms with E-state index in [9.17, 15) is 4.39 Å².